The van der Waals surface area contributed by atoms with Crippen LogP contribution in [0, 0.1) is 0 Å². The van der Waals surface area contributed by atoms with Crippen LogP contribution in [0.4, 0.5) is 4.79 Å². The minimum atomic E-state index is -0.817. The van der Waals surface area contributed by atoms with E-state index in [1.54, 1.807) is 0 Å². The molecule has 0 atom stereocenters. The van der Waals surface area contributed by atoms with Gasteiger partial charge in [-0.05, 0) is 42.3 Å². The van der Waals surface area contributed by atoms with Crippen LogP contribution in [0.15, 0.2) is 42.5 Å². The van der Waals surface area contributed by atoms with E-state index in [0.29, 0.717) is 19.7 Å². The Hall–Kier alpha value is -2.80. The van der Waals surface area contributed by atoms with Crippen molar-refractivity contribution in [2.75, 3.05) is 26.2 Å². The Morgan fingerprint density at radius 1 is 1.18 bits per heavy atom. The van der Waals surface area contributed by atoms with Crippen molar-refractivity contribution in [2.45, 2.75) is 31.8 Å². The summed E-state index contributed by atoms with van der Waals surface area (Å²) in [6.45, 7) is 3.50. The van der Waals surface area contributed by atoms with Gasteiger partial charge in [-0.1, -0.05) is 37.3 Å². The summed E-state index contributed by atoms with van der Waals surface area (Å²) in [4.78, 5) is 24.7. The standard InChI is InChI=1S/C21H27N3O4/c1-2-24(14-20(25)26)18-12-17(13-18)23-21(27)22-9-10-28-19-8-7-15-5-3-4-6-16(15)11-19/h3-8,11,17-18H,2,9-10,12-14H2,1H3,(H,25,26)(H2,22,23,27). The zero-order valence-electron chi connectivity index (χ0n) is 16.1. The van der Waals surface area contributed by atoms with Gasteiger partial charge >= 0.3 is 12.0 Å². The highest BCUT2D eigenvalue weighted by atomic mass is 16.5. The van der Waals surface area contributed by atoms with Gasteiger partial charge in [-0.2, -0.15) is 0 Å². The minimum absolute atomic E-state index is 0.0478. The highest BCUT2D eigenvalue weighted by molar-refractivity contribution is 5.83. The molecular weight excluding hydrogens is 358 g/mol. The summed E-state index contributed by atoms with van der Waals surface area (Å²) in [5.74, 6) is -0.0387. The van der Waals surface area contributed by atoms with Crippen LogP contribution in [0.1, 0.15) is 19.8 Å². The molecule has 7 heteroatoms. The van der Waals surface area contributed by atoms with Gasteiger partial charge in [-0.25, -0.2) is 4.79 Å². The number of likely N-dealkylation sites (N-methyl/N-ethyl adjacent to an activating group) is 1. The van der Waals surface area contributed by atoms with Gasteiger partial charge in [0.05, 0.1) is 13.1 Å². The quantitative estimate of drug-likeness (QED) is 0.577. The molecule has 0 bridgehead atoms. The number of urea groups is 1. The van der Waals surface area contributed by atoms with Crippen LogP contribution >= 0.6 is 0 Å². The zero-order valence-corrected chi connectivity index (χ0v) is 16.1. The second-order valence-electron chi connectivity index (χ2n) is 7.04. The lowest BCUT2D eigenvalue weighted by Crippen LogP contribution is -2.56. The highest BCUT2D eigenvalue weighted by Crippen LogP contribution is 2.25. The van der Waals surface area contributed by atoms with Crippen molar-refractivity contribution in [1.29, 1.82) is 0 Å². The lowest BCUT2D eigenvalue weighted by Gasteiger charge is -2.42. The van der Waals surface area contributed by atoms with Crippen molar-refractivity contribution in [3.63, 3.8) is 0 Å². The molecule has 2 amide bonds. The predicted octanol–water partition coefficient (Wildman–Crippen LogP) is 2.46. The van der Waals surface area contributed by atoms with E-state index in [4.69, 9.17) is 9.84 Å². The van der Waals surface area contributed by atoms with Crippen molar-refractivity contribution < 1.29 is 19.4 Å². The first kappa shape index (κ1) is 19.9. The summed E-state index contributed by atoms with van der Waals surface area (Å²) in [7, 11) is 0. The van der Waals surface area contributed by atoms with Crippen LogP contribution < -0.4 is 15.4 Å². The second-order valence-corrected chi connectivity index (χ2v) is 7.04. The topological polar surface area (TPSA) is 90.9 Å². The summed E-state index contributed by atoms with van der Waals surface area (Å²) in [5, 5.41) is 16.9. The summed E-state index contributed by atoms with van der Waals surface area (Å²) >= 11 is 0. The molecule has 0 aliphatic heterocycles. The third-order valence-electron chi connectivity index (χ3n) is 5.09. The first-order chi connectivity index (χ1) is 13.5. The Morgan fingerprint density at radius 2 is 1.93 bits per heavy atom. The number of carboxylic acids is 1. The van der Waals surface area contributed by atoms with Crippen LogP contribution in [0.2, 0.25) is 0 Å². The van der Waals surface area contributed by atoms with Crippen molar-refractivity contribution in [2.24, 2.45) is 0 Å². The third-order valence-corrected chi connectivity index (χ3v) is 5.09. The van der Waals surface area contributed by atoms with Gasteiger partial charge in [-0.3, -0.25) is 9.69 Å². The molecule has 1 fully saturated rings. The van der Waals surface area contributed by atoms with Crippen LogP contribution in [-0.4, -0.2) is 60.3 Å². The molecule has 3 N–H and O–H groups in total. The van der Waals surface area contributed by atoms with Gasteiger partial charge < -0.3 is 20.5 Å². The van der Waals surface area contributed by atoms with Crippen LogP contribution in [0.5, 0.6) is 5.75 Å². The minimum Gasteiger partial charge on any atom is -0.492 e. The molecule has 7 nitrogen and oxygen atoms in total. The molecule has 0 heterocycles. The van der Waals surface area contributed by atoms with Crippen molar-refractivity contribution >= 4 is 22.8 Å². The van der Waals surface area contributed by atoms with Gasteiger partial charge in [0.1, 0.15) is 12.4 Å². The van der Waals surface area contributed by atoms with Gasteiger partial charge in [0.25, 0.3) is 0 Å². The molecule has 1 saturated carbocycles. The first-order valence-electron chi connectivity index (χ1n) is 9.67. The van der Waals surface area contributed by atoms with E-state index in [9.17, 15) is 9.59 Å². The SMILES string of the molecule is CCN(CC(=O)O)C1CC(NC(=O)NCCOc2ccc3ccccc3c2)C1. The number of hydrogen-bond donors (Lipinski definition) is 3. The molecule has 0 spiro atoms. The second kappa shape index (κ2) is 9.41. The molecule has 2 aromatic carbocycles. The van der Waals surface area contributed by atoms with E-state index < -0.39 is 5.97 Å². The highest BCUT2D eigenvalue weighted by Gasteiger charge is 2.34. The molecule has 0 unspecified atom stereocenters. The van der Waals surface area contributed by atoms with E-state index in [2.05, 4.69) is 16.7 Å². The molecule has 3 rings (SSSR count). The maximum Gasteiger partial charge on any atom is 0.317 e. The number of benzene rings is 2. The Labute approximate surface area is 164 Å². The Balaban J connectivity index is 1.32. The summed E-state index contributed by atoms with van der Waals surface area (Å²) < 4.78 is 5.71. The van der Waals surface area contributed by atoms with Crippen molar-refractivity contribution in [3.8, 4) is 5.75 Å². The molecule has 28 heavy (non-hydrogen) atoms. The summed E-state index contributed by atoms with van der Waals surface area (Å²) in [6.07, 6.45) is 1.56. The van der Waals surface area contributed by atoms with E-state index in [0.717, 1.165) is 29.4 Å². The Kier molecular flexibility index (Phi) is 6.71. The number of carbonyl (C=O) groups is 2. The van der Waals surface area contributed by atoms with Crippen molar-refractivity contribution in [1.82, 2.24) is 15.5 Å². The number of carbonyl (C=O) groups excluding carboxylic acids is 1. The number of amides is 2. The molecular formula is C21H27N3O4. The lowest BCUT2D eigenvalue weighted by molar-refractivity contribution is -0.139. The van der Waals surface area contributed by atoms with Crippen LogP contribution in [0.25, 0.3) is 10.8 Å². The average molecular weight is 385 g/mol. The number of nitrogens with zero attached hydrogens (tertiary/aromatic N) is 1. The molecule has 0 radical (unpaired) electrons. The normalized spacial score (nSPS) is 18.5. The van der Waals surface area contributed by atoms with Gasteiger partial charge in [0, 0.05) is 12.1 Å². The van der Waals surface area contributed by atoms with Crippen molar-refractivity contribution in [3.05, 3.63) is 42.5 Å². The van der Waals surface area contributed by atoms with E-state index in [-0.39, 0.29) is 24.7 Å². The molecule has 150 valence electrons. The monoisotopic (exact) mass is 385 g/mol. The van der Waals surface area contributed by atoms with Crippen LogP contribution in [-0.2, 0) is 4.79 Å². The largest absolute Gasteiger partial charge is 0.492 e. The number of carboxylic acid groups (broad SMARTS) is 1. The number of nitrogens with one attached hydrogen (secondary N) is 2. The van der Waals surface area contributed by atoms with Gasteiger partial charge in [-0.15, -0.1) is 0 Å². The smallest absolute Gasteiger partial charge is 0.317 e. The van der Waals surface area contributed by atoms with E-state index in [1.807, 2.05) is 48.2 Å². The van der Waals surface area contributed by atoms with E-state index in [1.165, 1.54) is 0 Å². The fourth-order valence-corrected chi connectivity index (χ4v) is 3.50. The molecule has 0 saturated heterocycles. The molecule has 1 aliphatic carbocycles. The maximum absolute atomic E-state index is 12.0. The first-order valence-corrected chi connectivity index (χ1v) is 9.67. The third kappa shape index (κ3) is 5.36. The number of ether oxygens (including phenoxy) is 1. The van der Waals surface area contributed by atoms with Crippen LogP contribution in [0.3, 0.4) is 0 Å². The van der Waals surface area contributed by atoms with E-state index >= 15 is 0 Å². The number of rotatable bonds is 9. The molecule has 1 aliphatic rings. The average Bonchev–Trinajstić information content (AvgIpc) is 2.66. The predicted molar refractivity (Wildman–Crippen MR) is 108 cm³/mol. The zero-order chi connectivity index (χ0) is 19.9. The Bertz CT molecular complexity index is 820. The summed E-state index contributed by atoms with van der Waals surface area (Å²) in [5.41, 5.74) is 0. The molecule has 2 aromatic rings. The molecule has 0 aromatic heterocycles. The fraction of sp³-hybridized carbons (Fsp3) is 0.429. The van der Waals surface area contributed by atoms with Gasteiger partial charge in [0.15, 0.2) is 0 Å². The lowest BCUT2D eigenvalue weighted by atomic mass is 9.85. The Morgan fingerprint density at radius 3 is 2.64 bits per heavy atom. The summed E-state index contributed by atoms with van der Waals surface area (Å²) in [6, 6.07) is 14.1. The number of hydrogen-bond acceptors (Lipinski definition) is 4. The number of aliphatic carboxylic acids is 1. The number of fused-ring (bicyclic) bond motifs is 1. The van der Waals surface area contributed by atoms with Gasteiger partial charge in [0.2, 0.25) is 0 Å². The maximum atomic E-state index is 12.0. The fourth-order valence-electron chi connectivity index (χ4n) is 3.50.